The van der Waals surface area contributed by atoms with E-state index in [0.29, 0.717) is 11.4 Å². The van der Waals surface area contributed by atoms with Crippen LogP contribution in [0.3, 0.4) is 0 Å². The number of anilines is 1. The van der Waals surface area contributed by atoms with Crippen LogP contribution in [0.1, 0.15) is 30.1 Å². The zero-order valence-corrected chi connectivity index (χ0v) is 13.5. The molecule has 1 amide bonds. The van der Waals surface area contributed by atoms with Gasteiger partial charge in [-0.3, -0.25) is 4.79 Å². The van der Waals surface area contributed by atoms with Gasteiger partial charge < -0.3 is 15.5 Å². The summed E-state index contributed by atoms with van der Waals surface area (Å²) in [6.45, 7) is 5.23. The number of pyridine rings is 1. The van der Waals surface area contributed by atoms with Gasteiger partial charge in [-0.15, -0.1) is 0 Å². The molecule has 1 aliphatic rings. The maximum Gasteiger partial charge on any atom is 0.255 e. The van der Waals surface area contributed by atoms with Crippen LogP contribution < -0.4 is 10.6 Å². The SMILES string of the molecule is CNc1ncc(Br)cc1C(=O)NC(C)CN1CCCC1. The second-order valence-corrected chi connectivity index (χ2v) is 6.10. The number of halogens is 1. The fraction of sp³-hybridized carbons (Fsp3) is 0.571. The molecule has 1 unspecified atom stereocenters. The Bertz CT molecular complexity index is 474. The number of aromatic nitrogens is 1. The highest BCUT2D eigenvalue weighted by molar-refractivity contribution is 9.10. The molecule has 1 aliphatic heterocycles. The lowest BCUT2D eigenvalue weighted by Crippen LogP contribution is -2.41. The fourth-order valence-electron chi connectivity index (χ4n) is 2.51. The quantitative estimate of drug-likeness (QED) is 0.861. The van der Waals surface area contributed by atoms with E-state index < -0.39 is 0 Å². The minimum Gasteiger partial charge on any atom is -0.372 e. The molecule has 0 radical (unpaired) electrons. The van der Waals surface area contributed by atoms with Gasteiger partial charge in [0, 0.05) is 30.3 Å². The summed E-state index contributed by atoms with van der Waals surface area (Å²) in [5.74, 6) is 0.508. The Hall–Kier alpha value is -1.14. The normalized spacial score (nSPS) is 16.9. The Morgan fingerprint density at radius 1 is 1.50 bits per heavy atom. The molecule has 1 fully saturated rings. The third-order valence-electron chi connectivity index (χ3n) is 3.44. The van der Waals surface area contributed by atoms with E-state index in [1.807, 2.05) is 6.92 Å². The van der Waals surface area contributed by atoms with Gasteiger partial charge in [-0.2, -0.15) is 0 Å². The van der Waals surface area contributed by atoms with Crippen molar-refractivity contribution in [2.24, 2.45) is 0 Å². The van der Waals surface area contributed by atoms with Crippen LogP contribution in [0.25, 0.3) is 0 Å². The van der Waals surface area contributed by atoms with Crippen molar-refractivity contribution in [3.8, 4) is 0 Å². The smallest absolute Gasteiger partial charge is 0.255 e. The van der Waals surface area contributed by atoms with Gasteiger partial charge in [-0.1, -0.05) is 0 Å². The molecule has 0 bridgehead atoms. The minimum atomic E-state index is -0.0881. The van der Waals surface area contributed by atoms with Crippen LogP contribution in [0.4, 0.5) is 5.82 Å². The topological polar surface area (TPSA) is 57.3 Å². The van der Waals surface area contributed by atoms with Gasteiger partial charge in [0.2, 0.25) is 0 Å². The minimum absolute atomic E-state index is 0.0881. The lowest BCUT2D eigenvalue weighted by molar-refractivity contribution is 0.0932. The summed E-state index contributed by atoms with van der Waals surface area (Å²) in [7, 11) is 1.76. The van der Waals surface area contributed by atoms with E-state index in [9.17, 15) is 4.79 Å². The van der Waals surface area contributed by atoms with Crippen LogP contribution in [0.2, 0.25) is 0 Å². The molecule has 0 saturated carbocycles. The van der Waals surface area contributed by atoms with Crippen LogP contribution in [-0.4, -0.2) is 48.5 Å². The van der Waals surface area contributed by atoms with E-state index in [-0.39, 0.29) is 11.9 Å². The van der Waals surface area contributed by atoms with E-state index in [4.69, 9.17) is 0 Å². The highest BCUT2D eigenvalue weighted by Gasteiger charge is 2.18. The largest absolute Gasteiger partial charge is 0.372 e. The zero-order valence-electron chi connectivity index (χ0n) is 11.9. The van der Waals surface area contributed by atoms with Crippen LogP contribution in [0.5, 0.6) is 0 Å². The molecule has 1 aromatic heterocycles. The van der Waals surface area contributed by atoms with Crippen molar-refractivity contribution in [1.82, 2.24) is 15.2 Å². The predicted octanol–water partition coefficient (Wildman–Crippen LogP) is 2.10. The van der Waals surface area contributed by atoms with Crippen molar-refractivity contribution in [2.45, 2.75) is 25.8 Å². The summed E-state index contributed by atoms with van der Waals surface area (Å²) in [6.07, 6.45) is 4.20. The second-order valence-electron chi connectivity index (χ2n) is 5.18. The highest BCUT2D eigenvalue weighted by Crippen LogP contribution is 2.17. The Labute approximate surface area is 128 Å². The van der Waals surface area contributed by atoms with Gasteiger partial charge in [0.1, 0.15) is 5.82 Å². The summed E-state index contributed by atoms with van der Waals surface area (Å²) < 4.78 is 0.800. The van der Waals surface area contributed by atoms with Crippen molar-refractivity contribution in [3.63, 3.8) is 0 Å². The van der Waals surface area contributed by atoms with Crippen LogP contribution >= 0.6 is 15.9 Å². The summed E-state index contributed by atoms with van der Waals surface area (Å²) in [6, 6.07) is 1.92. The van der Waals surface area contributed by atoms with Gasteiger partial charge in [-0.25, -0.2) is 4.98 Å². The van der Waals surface area contributed by atoms with Crippen molar-refractivity contribution in [1.29, 1.82) is 0 Å². The van der Waals surface area contributed by atoms with Gasteiger partial charge in [0.25, 0.3) is 5.91 Å². The molecule has 1 saturated heterocycles. The average Bonchev–Trinajstić information content (AvgIpc) is 2.91. The summed E-state index contributed by atoms with van der Waals surface area (Å²) in [5.41, 5.74) is 0.565. The number of hydrogen-bond acceptors (Lipinski definition) is 4. The van der Waals surface area contributed by atoms with Gasteiger partial charge in [0.15, 0.2) is 0 Å². The fourth-order valence-corrected chi connectivity index (χ4v) is 2.84. The number of nitrogens with zero attached hydrogens (tertiary/aromatic N) is 2. The van der Waals surface area contributed by atoms with Crippen molar-refractivity contribution < 1.29 is 4.79 Å². The zero-order chi connectivity index (χ0) is 14.5. The monoisotopic (exact) mass is 340 g/mol. The molecule has 1 atom stereocenters. The van der Waals surface area contributed by atoms with Gasteiger partial charge in [0.05, 0.1) is 5.56 Å². The molecule has 2 heterocycles. The summed E-state index contributed by atoms with van der Waals surface area (Å²) in [4.78, 5) is 18.9. The third kappa shape index (κ3) is 3.93. The van der Waals surface area contributed by atoms with Gasteiger partial charge >= 0.3 is 0 Å². The number of likely N-dealkylation sites (tertiary alicyclic amines) is 1. The molecule has 0 aliphatic carbocycles. The molecule has 5 nitrogen and oxygen atoms in total. The van der Waals surface area contributed by atoms with E-state index >= 15 is 0 Å². The average molecular weight is 341 g/mol. The molecule has 0 aromatic carbocycles. The van der Waals surface area contributed by atoms with E-state index in [0.717, 1.165) is 24.1 Å². The maximum atomic E-state index is 12.3. The Kier molecular flexibility index (Phi) is 5.37. The molecular formula is C14H21BrN4O. The first-order valence-corrected chi connectivity index (χ1v) is 7.76. The lowest BCUT2D eigenvalue weighted by atomic mass is 10.2. The van der Waals surface area contributed by atoms with E-state index in [2.05, 4.69) is 36.4 Å². The number of amides is 1. The Morgan fingerprint density at radius 3 is 2.85 bits per heavy atom. The van der Waals surface area contributed by atoms with Crippen LogP contribution in [-0.2, 0) is 0 Å². The van der Waals surface area contributed by atoms with Crippen LogP contribution in [0, 0.1) is 0 Å². The van der Waals surface area contributed by atoms with Crippen LogP contribution in [0.15, 0.2) is 16.7 Å². The van der Waals surface area contributed by atoms with Crippen molar-refractivity contribution >= 4 is 27.7 Å². The molecule has 2 rings (SSSR count). The molecule has 0 spiro atoms. The molecule has 20 heavy (non-hydrogen) atoms. The lowest BCUT2D eigenvalue weighted by Gasteiger charge is -2.21. The first-order valence-electron chi connectivity index (χ1n) is 6.96. The molecular weight excluding hydrogens is 320 g/mol. The van der Waals surface area contributed by atoms with Gasteiger partial charge in [-0.05, 0) is 54.9 Å². The number of nitrogens with one attached hydrogen (secondary N) is 2. The number of carbonyl (C=O) groups is 1. The Balaban J connectivity index is 1.98. The first-order chi connectivity index (χ1) is 9.60. The standard InChI is InChI=1S/C14H21BrN4O/c1-10(9-19-5-3-4-6-19)18-14(20)12-7-11(15)8-17-13(12)16-2/h7-8,10H,3-6,9H2,1-2H3,(H,16,17)(H,18,20). The maximum absolute atomic E-state index is 12.3. The molecule has 110 valence electrons. The summed E-state index contributed by atoms with van der Waals surface area (Å²) in [5, 5.41) is 5.99. The van der Waals surface area contributed by atoms with Crippen molar-refractivity contribution in [3.05, 3.63) is 22.3 Å². The van der Waals surface area contributed by atoms with Crippen molar-refractivity contribution in [2.75, 3.05) is 32.0 Å². The second kappa shape index (κ2) is 7.04. The highest BCUT2D eigenvalue weighted by atomic mass is 79.9. The number of rotatable bonds is 5. The molecule has 6 heteroatoms. The molecule has 2 N–H and O–H groups in total. The van der Waals surface area contributed by atoms with E-state index in [1.54, 1.807) is 19.3 Å². The first kappa shape index (κ1) is 15.3. The van der Waals surface area contributed by atoms with E-state index in [1.165, 1.54) is 12.8 Å². The molecule has 1 aromatic rings. The third-order valence-corrected chi connectivity index (χ3v) is 3.88. The number of carbonyl (C=O) groups excluding carboxylic acids is 1. The predicted molar refractivity (Wildman–Crippen MR) is 84.1 cm³/mol. The Morgan fingerprint density at radius 2 is 2.20 bits per heavy atom. The number of hydrogen-bond donors (Lipinski definition) is 2. The summed E-state index contributed by atoms with van der Waals surface area (Å²) >= 11 is 3.35.